The van der Waals surface area contributed by atoms with Crippen molar-refractivity contribution in [3.63, 3.8) is 0 Å². The Balaban J connectivity index is 1.67. The number of hydrogen-bond acceptors (Lipinski definition) is 5. The molecule has 2 heterocycles. The normalized spacial score (nSPS) is 16.9. The number of carbonyl (C=O) groups is 1. The molecule has 0 radical (unpaired) electrons. The third kappa shape index (κ3) is 3.34. The van der Waals surface area contributed by atoms with E-state index in [1.54, 1.807) is 12.0 Å². The number of fused-ring (bicyclic) bond motifs is 2. The van der Waals surface area contributed by atoms with Crippen LogP contribution >= 0.6 is 0 Å². The van der Waals surface area contributed by atoms with Gasteiger partial charge in [-0.1, -0.05) is 31.5 Å². The lowest BCUT2D eigenvalue weighted by Gasteiger charge is -2.23. The standard InChI is InChI=1S/C24H29NO5/c1-5-6-11-28-19-10-9-18(14-20(19)27-4)15-25-22-17(3)8-7-16(2)21(22)24(23(25)26)29-12-13-30-24/h7-10,14H,5-6,11-13,15H2,1-4H3. The van der Waals surface area contributed by atoms with Gasteiger partial charge in [0.1, 0.15) is 0 Å². The summed E-state index contributed by atoms with van der Waals surface area (Å²) in [5.74, 6) is -0.110. The van der Waals surface area contributed by atoms with Gasteiger partial charge in [0.25, 0.3) is 11.7 Å². The quantitative estimate of drug-likeness (QED) is 0.638. The highest BCUT2D eigenvalue weighted by Crippen LogP contribution is 2.49. The van der Waals surface area contributed by atoms with Crippen molar-refractivity contribution in [1.29, 1.82) is 0 Å². The molecule has 1 spiro atoms. The largest absolute Gasteiger partial charge is 0.493 e. The third-order valence-corrected chi connectivity index (χ3v) is 5.73. The fraction of sp³-hybridized carbons (Fsp3) is 0.458. The average molecular weight is 411 g/mol. The Kier molecular flexibility index (Phi) is 5.71. The van der Waals surface area contributed by atoms with Crippen LogP contribution < -0.4 is 14.4 Å². The summed E-state index contributed by atoms with van der Waals surface area (Å²) in [5.41, 5.74) is 4.67. The molecule has 1 saturated heterocycles. The molecule has 1 fully saturated rings. The number of unbranched alkanes of at least 4 members (excludes halogenated alkanes) is 1. The number of carbonyl (C=O) groups excluding carboxylic acids is 1. The number of hydrogen-bond donors (Lipinski definition) is 0. The summed E-state index contributed by atoms with van der Waals surface area (Å²) in [4.78, 5) is 15.3. The van der Waals surface area contributed by atoms with Crippen LogP contribution in [0.3, 0.4) is 0 Å². The van der Waals surface area contributed by atoms with Gasteiger partial charge in [-0.25, -0.2) is 0 Å². The molecule has 30 heavy (non-hydrogen) atoms. The first-order valence-electron chi connectivity index (χ1n) is 10.5. The minimum absolute atomic E-state index is 0.172. The van der Waals surface area contributed by atoms with Crippen molar-refractivity contribution >= 4 is 11.6 Å². The van der Waals surface area contributed by atoms with Crippen LogP contribution in [0.4, 0.5) is 5.69 Å². The van der Waals surface area contributed by atoms with E-state index < -0.39 is 5.79 Å². The van der Waals surface area contributed by atoms with Gasteiger partial charge in [-0.3, -0.25) is 4.79 Å². The van der Waals surface area contributed by atoms with Gasteiger partial charge in [-0.05, 0) is 49.1 Å². The molecule has 0 bridgehead atoms. The second kappa shape index (κ2) is 8.28. The molecule has 160 valence electrons. The monoisotopic (exact) mass is 411 g/mol. The maximum atomic E-state index is 13.5. The maximum absolute atomic E-state index is 13.5. The van der Waals surface area contributed by atoms with Crippen LogP contribution in [0.25, 0.3) is 0 Å². The predicted octanol–water partition coefficient (Wildman–Crippen LogP) is 4.24. The minimum atomic E-state index is -1.32. The number of anilines is 1. The highest BCUT2D eigenvalue weighted by Gasteiger charge is 2.57. The summed E-state index contributed by atoms with van der Waals surface area (Å²) in [7, 11) is 1.63. The van der Waals surface area contributed by atoms with Crippen LogP contribution in [-0.4, -0.2) is 32.8 Å². The highest BCUT2D eigenvalue weighted by molar-refractivity contribution is 6.07. The molecule has 2 aliphatic heterocycles. The van der Waals surface area contributed by atoms with E-state index in [1.807, 2.05) is 44.2 Å². The number of nitrogens with zero attached hydrogens (tertiary/aromatic N) is 1. The van der Waals surface area contributed by atoms with E-state index in [0.29, 0.717) is 37.9 Å². The first-order chi connectivity index (χ1) is 14.5. The Bertz CT molecular complexity index is 949. The molecule has 2 aliphatic rings. The van der Waals surface area contributed by atoms with Gasteiger partial charge in [0.15, 0.2) is 11.5 Å². The predicted molar refractivity (Wildman–Crippen MR) is 114 cm³/mol. The lowest BCUT2D eigenvalue weighted by atomic mass is 9.98. The Morgan fingerprint density at radius 1 is 1.07 bits per heavy atom. The Morgan fingerprint density at radius 3 is 2.50 bits per heavy atom. The van der Waals surface area contributed by atoms with E-state index in [9.17, 15) is 4.79 Å². The number of methoxy groups -OCH3 is 1. The molecule has 0 saturated carbocycles. The molecule has 0 atom stereocenters. The van der Waals surface area contributed by atoms with E-state index in [2.05, 4.69) is 6.92 Å². The minimum Gasteiger partial charge on any atom is -0.493 e. The topological polar surface area (TPSA) is 57.2 Å². The van der Waals surface area contributed by atoms with E-state index in [4.69, 9.17) is 18.9 Å². The average Bonchev–Trinajstić information content (AvgIpc) is 3.32. The molecule has 2 aromatic rings. The molecule has 0 N–H and O–H groups in total. The molecular formula is C24H29NO5. The summed E-state index contributed by atoms with van der Waals surface area (Å²) in [6.45, 7) is 8.00. The molecule has 1 amide bonds. The van der Waals surface area contributed by atoms with Crippen LogP contribution in [0.2, 0.25) is 0 Å². The van der Waals surface area contributed by atoms with Gasteiger partial charge >= 0.3 is 0 Å². The first-order valence-corrected chi connectivity index (χ1v) is 10.5. The van der Waals surface area contributed by atoms with Crippen molar-refractivity contribution in [1.82, 2.24) is 0 Å². The Hall–Kier alpha value is -2.57. The lowest BCUT2D eigenvalue weighted by Crippen LogP contribution is -2.41. The maximum Gasteiger partial charge on any atom is 0.292 e. The number of aryl methyl sites for hydroxylation is 2. The van der Waals surface area contributed by atoms with Gasteiger partial charge in [-0.2, -0.15) is 0 Å². The third-order valence-electron chi connectivity index (χ3n) is 5.73. The van der Waals surface area contributed by atoms with Gasteiger partial charge in [0, 0.05) is 5.56 Å². The number of benzene rings is 2. The van der Waals surface area contributed by atoms with Crippen LogP contribution in [0.5, 0.6) is 11.5 Å². The van der Waals surface area contributed by atoms with Crippen LogP contribution in [0, 0.1) is 13.8 Å². The van der Waals surface area contributed by atoms with Crippen LogP contribution in [0.1, 0.15) is 42.0 Å². The zero-order chi connectivity index (χ0) is 21.3. The summed E-state index contributed by atoms with van der Waals surface area (Å²) in [5, 5.41) is 0. The molecule has 0 aliphatic carbocycles. The molecule has 2 aromatic carbocycles. The molecule has 6 nitrogen and oxygen atoms in total. The smallest absolute Gasteiger partial charge is 0.292 e. The van der Waals surface area contributed by atoms with Crippen molar-refractivity contribution in [2.45, 2.75) is 45.9 Å². The van der Waals surface area contributed by atoms with Crippen LogP contribution in [0.15, 0.2) is 30.3 Å². The van der Waals surface area contributed by atoms with Crippen molar-refractivity contribution in [3.8, 4) is 11.5 Å². The van der Waals surface area contributed by atoms with E-state index in [1.165, 1.54) is 0 Å². The molecular weight excluding hydrogens is 382 g/mol. The summed E-state index contributed by atoms with van der Waals surface area (Å²) >= 11 is 0. The van der Waals surface area contributed by atoms with Crippen LogP contribution in [-0.2, 0) is 26.6 Å². The van der Waals surface area contributed by atoms with Crippen molar-refractivity contribution < 1.29 is 23.7 Å². The van der Waals surface area contributed by atoms with Gasteiger partial charge < -0.3 is 23.8 Å². The molecule has 6 heteroatoms. The first kappa shape index (κ1) is 20.7. The molecule has 0 unspecified atom stereocenters. The Labute approximate surface area is 177 Å². The highest BCUT2D eigenvalue weighted by atomic mass is 16.7. The second-order valence-electron chi connectivity index (χ2n) is 7.81. The zero-order valence-corrected chi connectivity index (χ0v) is 18.1. The number of amides is 1. The summed E-state index contributed by atoms with van der Waals surface area (Å²) in [6.07, 6.45) is 2.06. The van der Waals surface area contributed by atoms with Crippen molar-refractivity contribution in [2.24, 2.45) is 0 Å². The van der Waals surface area contributed by atoms with Gasteiger partial charge in [0.05, 0.1) is 39.2 Å². The van der Waals surface area contributed by atoms with Gasteiger partial charge in [-0.15, -0.1) is 0 Å². The Morgan fingerprint density at radius 2 is 1.80 bits per heavy atom. The van der Waals surface area contributed by atoms with Crippen molar-refractivity contribution in [3.05, 3.63) is 52.6 Å². The molecule has 4 rings (SSSR count). The summed E-state index contributed by atoms with van der Waals surface area (Å²) in [6, 6.07) is 9.87. The number of ether oxygens (including phenoxy) is 4. The second-order valence-corrected chi connectivity index (χ2v) is 7.81. The van der Waals surface area contributed by atoms with E-state index in [-0.39, 0.29) is 5.91 Å². The fourth-order valence-corrected chi connectivity index (χ4v) is 4.22. The van der Waals surface area contributed by atoms with Crippen molar-refractivity contribution in [2.75, 3.05) is 31.8 Å². The van der Waals surface area contributed by atoms with E-state index in [0.717, 1.165) is 40.8 Å². The fourth-order valence-electron chi connectivity index (χ4n) is 4.22. The molecule has 0 aromatic heterocycles. The lowest BCUT2D eigenvalue weighted by molar-refractivity contribution is -0.181. The summed E-state index contributed by atoms with van der Waals surface area (Å²) < 4.78 is 23.2. The SMILES string of the molecule is CCCCOc1ccc(CN2C(=O)C3(OCCO3)c3c(C)ccc(C)c32)cc1OC. The zero-order valence-electron chi connectivity index (χ0n) is 18.1. The van der Waals surface area contributed by atoms with Gasteiger partial charge in [0.2, 0.25) is 0 Å². The number of rotatable bonds is 7. The van der Waals surface area contributed by atoms with E-state index >= 15 is 0 Å².